The molecule has 5 nitrogen and oxygen atoms in total. The molecule has 0 radical (unpaired) electrons. The Morgan fingerprint density at radius 2 is 2.20 bits per heavy atom. The van der Waals surface area contributed by atoms with Crippen molar-refractivity contribution < 1.29 is 9.21 Å². The standard InChI is InChI=1S/C14H19N3O2S/c1-8-9(2)20-13(16-8)14(3,4)17-12(18)10-5-11(6-15)19-7-10/h5,7H,6,15H2,1-4H3,(H,17,18). The monoisotopic (exact) mass is 293 g/mol. The lowest BCUT2D eigenvalue weighted by Gasteiger charge is -2.23. The molecule has 0 saturated heterocycles. The van der Waals surface area contributed by atoms with E-state index in [1.807, 2.05) is 27.7 Å². The second-order valence-corrected chi connectivity index (χ2v) is 6.45. The first kappa shape index (κ1) is 14.7. The average molecular weight is 293 g/mol. The zero-order valence-corrected chi connectivity index (χ0v) is 12.9. The predicted octanol–water partition coefficient (Wildman–Crippen LogP) is 2.48. The molecule has 0 saturated carbocycles. The normalized spacial score (nSPS) is 11.7. The van der Waals surface area contributed by atoms with Gasteiger partial charge in [0, 0.05) is 4.88 Å². The number of hydrogen-bond acceptors (Lipinski definition) is 5. The third kappa shape index (κ3) is 2.91. The van der Waals surface area contributed by atoms with E-state index in [1.54, 1.807) is 17.4 Å². The van der Waals surface area contributed by atoms with E-state index in [9.17, 15) is 4.79 Å². The van der Waals surface area contributed by atoms with Gasteiger partial charge in [0.15, 0.2) is 0 Å². The van der Waals surface area contributed by atoms with Crippen molar-refractivity contribution in [3.63, 3.8) is 0 Å². The highest BCUT2D eigenvalue weighted by Gasteiger charge is 2.28. The first-order valence-electron chi connectivity index (χ1n) is 6.38. The van der Waals surface area contributed by atoms with Gasteiger partial charge in [-0.15, -0.1) is 11.3 Å². The summed E-state index contributed by atoms with van der Waals surface area (Å²) in [5.74, 6) is 0.401. The van der Waals surface area contributed by atoms with Crippen molar-refractivity contribution in [3.05, 3.63) is 39.2 Å². The van der Waals surface area contributed by atoms with Gasteiger partial charge in [-0.1, -0.05) is 0 Å². The molecule has 0 fully saturated rings. The van der Waals surface area contributed by atoms with E-state index in [0.29, 0.717) is 11.3 Å². The molecule has 3 N–H and O–H groups in total. The van der Waals surface area contributed by atoms with Gasteiger partial charge in [0.05, 0.1) is 23.3 Å². The van der Waals surface area contributed by atoms with Gasteiger partial charge in [-0.3, -0.25) is 4.79 Å². The van der Waals surface area contributed by atoms with Crippen LogP contribution in [0.15, 0.2) is 16.7 Å². The highest BCUT2D eigenvalue weighted by atomic mass is 32.1. The number of hydrogen-bond donors (Lipinski definition) is 2. The van der Waals surface area contributed by atoms with Crippen molar-refractivity contribution in [2.24, 2.45) is 5.73 Å². The van der Waals surface area contributed by atoms with Crippen LogP contribution in [0.25, 0.3) is 0 Å². The maximum Gasteiger partial charge on any atom is 0.255 e. The summed E-state index contributed by atoms with van der Waals surface area (Å²) >= 11 is 1.60. The van der Waals surface area contributed by atoms with E-state index in [2.05, 4.69) is 10.3 Å². The van der Waals surface area contributed by atoms with Crippen molar-refractivity contribution in [1.29, 1.82) is 0 Å². The van der Waals surface area contributed by atoms with Gasteiger partial charge in [-0.2, -0.15) is 0 Å². The lowest BCUT2D eigenvalue weighted by Crippen LogP contribution is -2.40. The number of nitrogens with two attached hydrogens (primary N) is 1. The molecule has 6 heteroatoms. The van der Waals surface area contributed by atoms with E-state index in [4.69, 9.17) is 10.2 Å². The molecule has 0 aliphatic carbocycles. The van der Waals surface area contributed by atoms with Crippen LogP contribution in [0, 0.1) is 13.8 Å². The third-order valence-electron chi connectivity index (χ3n) is 3.11. The van der Waals surface area contributed by atoms with Gasteiger partial charge < -0.3 is 15.5 Å². The topological polar surface area (TPSA) is 81.2 Å². The van der Waals surface area contributed by atoms with E-state index >= 15 is 0 Å². The Morgan fingerprint density at radius 3 is 2.70 bits per heavy atom. The van der Waals surface area contributed by atoms with Crippen LogP contribution in [-0.4, -0.2) is 10.9 Å². The van der Waals surface area contributed by atoms with Crippen LogP contribution in [0.2, 0.25) is 0 Å². The second kappa shape index (κ2) is 5.38. The summed E-state index contributed by atoms with van der Waals surface area (Å²) in [4.78, 5) is 17.9. The molecule has 2 heterocycles. The number of carbonyl (C=O) groups is 1. The maximum absolute atomic E-state index is 12.2. The van der Waals surface area contributed by atoms with E-state index in [-0.39, 0.29) is 12.5 Å². The summed E-state index contributed by atoms with van der Waals surface area (Å²) in [6, 6.07) is 1.66. The summed E-state index contributed by atoms with van der Waals surface area (Å²) in [6.07, 6.45) is 1.42. The molecule has 1 amide bonds. The van der Waals surface area contributed by atoms with Crippen LogP contribution < -0.4 is 11.1 Å². The van der Waals surface area contributed by atoms with Crippen molar-refractivity contribution in [1.82, 2.24) is 10.3 Å². The lowest BCUT2D eigenvalue weighted by molar-refractivity contribution is 0.0911. The Balaban J connectivity index is 2.16. The lowest BCUT2D eigenvalue weighted by atomic mass is 10.1. The molecule has 0 atom stereocenters. The van der Waals surface area contributed by atoms with Crippen molar-refractivity contribution >= 4 is 17.2 Å². The van der Waals surface area contributed by atoms with E-state index < -0.39 is 5.54 Å². The fourth-order valence-electron chi connectivity index (χ4n) is 1.76. The molecule has 108 valence electrons. The van der Waals surface area contributed by atoms with Crippen LogP contribution in [-0.2, 0) is 12.1 Å². The molecule has 0 unspecified atom stereocenters. The smallest absolute Gasteiger partial charge is 0.255 e. The number of furan rings is 1. The van der Waals surface area contributed by atoms with Crippen LogP contribution in [0.4, 0.5) is 0 Å². The van der Waals surface area contributed by atoms with E-state index in [1.165, 1.54) is 6.26 Å². The number of rotatable bonds is 4. The van der Waals surface area contributed by atoms with Crippen LogP contribution >= 0.6 is 11.3 Å². The van der Waals surface area contributed by atoms with Crippen LogP contribution in [0.1, 0.15) is 45.5 Å². The number of aromatic nitrogens is 1. The summed E-state index contributed by atoms with van der Waals surface area (Å²) in [5.41, 5.74) is 6.42. The Kier molecular flexibility index (Phi) is 3.96. The zero-order chi connectivity index (χ0) is 14.9. The fourth-order valence-corrected chi connectivity index (χ4v) is 2.73. The van der Waals surface area contributed by atoms with Gasteiger partial charge in [-0.05, 0) is 33.8 Å². The summed E-state index contributed by atoms with van der Waals surface area (Å²) in [6.45, 7) is 8.15. The molecule has 2 aromatic heterocycles. The zero-order valence-electron chi connectivity index (χ0n) is 12.1. The molecule has 0 bridgehead atoms. The van der Waals surface area contributed by atoms with Crippen molar-refractivity contribution in [2.75, 3.05) is 0 Å². The minimum absolute atomic E-state index is 0.191. The number of nitrogens with zero attached hydrogens (tertiary/aromatic N) is 1. The number of aryl methyl sites for hydroxylation is 2. The number of carbonyl (C=O) groups excluding carboxylic acids is 1. The SMILES string of the molecule is Cc1nc(C(C)(C)NC(=O)c2coc(CN)c2)sc1C. The number of thiazole rings is 1. The largest absolute Gasteiger partial charge is 0.467 e. The first-order chi connectivity index (χ1) is 9.33. The summed E-state index contributed by atoms with van der Waals surface area (Å²) in [5, 5.41) is 3.87. The molecular weight excluding hydrogens is 274 g/mol. The van der Waals surface area contributed by atoms with Gasteiger partial charge in [0.2, 0.25) is 0 Å². The quantitative estimate of drug-likeness (QED) is 0.907. The minimum Gasteiger partial charge on any atom is -0.467 e. The molecule has 0 aliphatic heterocycles. The fraction of sp³-hybridized carbons (Fsp3) is 0.429. The predicted molar refractivity (Wildman–Crippen MR) is 78.7 cm³/mol. The summed E-state index contributed by atoms with van der Waals surface area (Å²) in [7, 11) is 0. The highest BCUT2D eigenvalue weighted by Crippen LogP contribution is 2.27. The third-order valence-corrected chi connectivity index (χ3v) is 4.50. The van der Waals surface area contributed by atoms with Gasteiger partial charge >= 0.3 is 0 Å². The Labute approximate surface area is 122 Å². The molecular formula is C14H19N3O2S. The number of nitrogens with one attached hydrogen (secondary N) is 1. The van der Waals surface area contributed by atoms with Crippen molar-refractivity contribution in [3.8, 4) is 0 Å². The second-order valence-electron chi connectivity index (χ2n) is 5.25. The van der Waals surface area contributed by atoms with Crippen LogP contribution in [0.5, 0.6) is 0 Å². The molecule has 2 aromatic rings. The molecule has 0 aromatic carbocycles. The van der Waals surface area contributed by atoms with Crippen molar-refractivity contribution in [2.45, 2.75) is 39.8 Å². The van der Waals surface area contributed by atoms with Gasteiger partial charge in [0.25, 0.3) is 5.91 Å². The Hall–Kier alpha value is -1.66. The molecule has 0 aliphatic rings. The summed E-state index contributed by atoms with van der Waals surface area (Å²) < 4.78 is 5.18. The maximum atomic E-state index is 12.2. The average Bonchev–Trinajstić information content (AvgIpc) is 2.97. The minimum atomic E-state index is -0.527. The highest BCUT2D eigenvalue weighted by molar-refractivity contribution is 7.11. The first-order valence-corrected chi connectivity index (χ1v) is 7.19. The molecule has 20 heavy (non-hydrogen) atoms. The Morgan fingerprint density at radius 1 is 1.50 bits per heavy atom. The van der Waals surface area contributed by atoms with Gasteiger partial charge in [-0.25, -0.2) is 4.98 Å². The van der Waals surface area contributed by atoms with Gasteiger partial charge in [0.1, 0.15) is 17.0 Å². The number of amides is 1. The van der Waals surface area contributed by atoms with E-state index in [0.717, 1.165) is 15.6 Å². The molecule has 0 spiro atoms. The molecule has 2 rings (SSSR count). The van der Waals surface area contributed by atoms with Crippen LogP contribution in [0.3, 0.4) is 0 Å². The Bertz CT molecular complexity index is 609.